The number of phenolic OH excluding ortho intramolecular Hbond substituents is 1. The van der Waals surface area contributed by atoms with E-state index in [9.17, 15) is 29.7 Å². The molecule has 10 nitrogen and oxygen atoms in total. The highest BCUT2D eigenvalue weighted by molar-refractivity contribution is 7.80. The number of primary amides is 1. The normalized spacial score (nSPS) is 22.7. The van der Waals surface area contributed by atoms with Crippen molar-refractivity contribution in [2.45, 2.75) is 19.8 Å². The molecule has 44 heavy (non-hydrogen) atoms. The van der Waals surface area contributed by atoms with Gasteiger partial charge < -0.3 is 36.6 Å². The Hall–Kier alpha value is -4.90. The average Bonchev–Trinajstić information content (AvgIpc) is 2.97. The first-order chi connectivity index (χ1) is 20.9. The maximum absolute atomic E-state index is 14.1. The Balaban J connectivity index is 1.39. The lowest BCUT2D eigenvalue weighted by molar-refractivity contribution is -0.127. The van der Waals surface area contributed by atoms with Crippen molar-refractivity contribution >= 4 is 62.6 Å². The first kappa shape index (κ1) is 29.2. The maximum atomic E-state index is 14.1. The molecule has 6 rings (SSSR count). The Morgan fingerprint density at radius 3 is 2.39 bits per heavy atom. The van der Waals surface area contributed by atoms with Crippen LogP contribution in [0.15, 0.2) is 71.2 Å². The highest BCUT2D eigenvalue weighted by atomic mass is 32.1. The zero-order valence-corrected chi connectivity index (χ0v) is 25.2. The third-order valence-electron chi connectivity index (χ3n) is 9.14. The van der Waals surface area contributed by atoms with Gasteiger partial charge in [-0.1, -0.05) is 43.3 Å². The summed E-state index contributed by atoms with van der Waals surface area (Å²) in [4.78, 5) is 41.3. The number of fused-ring (bicyclic) bond motifs is 4. The fraction of sp³-hybridized carbons (Fsp3) is 0.273. The summed E-state index contributed by atoms with van der Waals surface area (Å²) in [5.74, 6) is -6.52. The second-order valence-corrected chi connectivity index (χ2v) is 12.2. The number of benzene rings is 3. The number of nitrogens with zero attached hydrogens (tertiary/aromatic N) is 1. The molecule has 0 bridgehead atoms. The smallest absolute Gasteiger partial charge is 0.255 e. The number of amides is 1. The van der Waals surface area contributed by atoms with Gasteiger partial charge in [0.1, 0.15) is 17.1 Å². The molecular weight excluding hydrogens is 580 g/mol. The molecule has 0 fully saturated rings. The number of nitrogens with two attached hydrogens (primary N) is 1. The molecule has 0 saturated heterocycles. The van der Waals surface area contributed by atoms with Gasteiger partial charge in [0.15, 0.2) is 22.4 Å². The van der Waals surface area contributed by atoms with Crippen LogP contribution in [0, 0.1) is 23.7 Å². The molecule has 0 aliphatic heterocycles. The predicted molar refractivity (Wildman–Crippen MR) is 172 cm³/mol. The largest absolute Gasteiger partial charge is 0.511 e. The van der Waals surface area contributed by atoms with E-state index in [0.29, 0.717) is 24.1 Å². The Bertz CT molecular complexity index is 1860. The molecule has 226 valence electrons. The summed E-state index contributed by atoms with van der Waals surface area (Å²) < 4.78 is 0. The standard InChI is InChI=1S/C33H32N4O6S/c1-14-18-11-16-12-19-22(37(2)3)13-21(36-33(44)35-20-10-6-8-15-7-4-5-9-17(15)20)28(39)25(19)30(41)23(16)29(40)24(18)31(42)26(27(14)38)32(34)43/h4-10,13-14,16,18,24,38-40H,11-12H2,1-3H3,(H2,34,43)(H2,35,36,44). The monoisotopic (exact) mass is 612 g/mol. The predicted octanol–water partition coefficient (Wildman–Crippen LogP) is 4.74. The van der Waals surface area contributed by atoms with Gasteiger partial charge in [-0.05, 0) is 60.0 Å². The molecule has 4 atom stereocenters. The van der Waals surface area contributed by atoms with E-state index in [1.165, 1.54) is 0 Å². The van der Waals surface area contributed by atoms with Gasteiger partial charge in [0, 0.05) is 42.3 Å². The zero-order valence-electron chi connectivity index (χ0n) is 24.3. The molecule has 0 aromatic heterocycles. The Labute approximate surface area is 258 Å². The third kappa shape index (κ3) is 4.46. The number of carbonyl (C=O) groups excluding carboxylic acids is 3. The van der Waals surface area contributed by atoms with Gasteiger partial charge in [0.25, 0.3) is 5.91 Å². The van der Waals surface area contributed by atoms with Crippen molar-refractivity contribution in [3.05, 3.63) is 82.3 Å². The minimum Gasteiger partial charge on any atom is -0.511 e. The van der Waals surface area contributed by atoms with E-state index in [4.69, 9.17) is 18.0 Å². The number of aliphatic hydroxyl groups is 2. The van der Waals surface area contributed by atoms with Crippen molar-refractivity contribution in [3.8, 4) is 5.75 Å². The second kappa shape index (κ2) is 10.7. The first-order valence-electron chi connectivity index (χ1n) is 14.3. The number of phenols is 1. The van der Waals surface area contributed by atoms with Crippen molar-refractivity contribution in [2.24, 2.45) is 29.4 Å². The number of aromatic hydroxyl groups is 1. The summed E-state index contributed by atoms with van der Waals surface area (Å²) in [6.45, 7) is 1.67. The summed E-state index contributed by atoms with van der Waals surface area (Å²) in [6.07, 6.45) is 0.614. The molecule has 0 spiro atoms. The second-order valence-electron chi connectivity index (χ2n) is 11.8. The van der Waals surface area contributed by atoms with Gasteiger partial charge in [-0.2, -0.15) is 0 Å². The van der Waals surface area contributed by atoms with Crippen LogP contribution in [0.5, 0.6) is 5.75 Å². The van der Waals surface area contributed by atoms with Gasteiger partial charge in [0.2, 0.25) is 0 Å². The number of nitrogens with one attached hydrogen (secondary N) is 2. The summed E-state index contributed by atoms with van der Waals surface area (Å²) in [5, 5.41) is 41.9. The minimum absolute atomic E-state index is 0.00716. The van der Waals surface area contributed by atoms with Crippen molar-refractivity contribution in [1.29, 1.82) is 0 Å². The summed E-state index contributed by atoms with van der Waals surface area (Å²) >= 11 is 5.59. The number of ketones is 2. The first-order valence-corrected chi connectivity index (χ1v) is 14.7. The molecule has 3 aliphatic carbocycles. The number of anilines is 3. The molecule has 0 radical (unpaired) electrons. The van der Waals surface area contributed by atoms with E-state index in [2.05, 4.69) is 10.6 Å². The summed E-state index contributed by atoms with van der Waals surface area (Å²) in [5.41, 5.74) is 7.11. The number of carbonyl (C=O) groups is 3. The van der Waals surface area contributed by atoms with Crippen LogP contribution in [0.25, 0.3) is 10.8 Å². The lowest BCUT2D eigenvalue weighted by Gasteiger charge is -2.43. The van der Waals surface area contributed by atoms with Crippen LogP contribution in [0.2, 0.25) is 0 Å². The fourth-order valence-corrected chi connectivity index (χ4v) is 7.27. The van der Waals surface area contributed by atoms with Gasteiger partial charge in [-0.25, -0.2) is 0 Å². The van der Waals surface area contributed by atoms with Crippen LogP contribution < -0.4 is 21.3 Å². The topological polar surface area (TPSA) is 165 Å². The number of Topliss-reactive ketones (excluding diaryl/α,β-unsaturated/α-hetero) is 2. The molecule has 3 aromatic rings. The highest BCUT2D eigenvalue weighted by Gasteiger charge is 2.53. The molecule has 0 saturated carbocycles. The lowest BCUT2D eigenvalue weighted by atomic mass is 9.59. The molecule has 3 aliphatic rings. The van der Waals surface area contributed by atoms with Crippen LogP contribution >= 0.6 is 12.2 Å². The van der Waals surface area contributed by atoms with E-state index < -0.39 is 58.2 Å². The zero-order chi connectivity index (χ0) is 31.6. The molecule has 1 amide bonds. The number of aliphatic hydroxyl groups excluding tert-OH is 2. The van der Waals surface area contributed by atoms with Crippen LogP contribution in [0.3, 0.4) is 0 Å². The lowest BCUT2D eigenvalue weighted by Crippen LogP contribution is -2.46. The van der Waals surface area contributed by atoms with E-state index in [0.717, 1.165) is 16.5 Å². The number of allylic oxidation sites excluding steroid dienone is 3. The maximum Gasteiger partial charge on any atom is 0.255 e. The van der Waals surface area contributed by atoms with E-state index in [-0.39, 0.29) is 27.7 Å². The van der Waals surface area contributed by atoms with Crippen LogP contribution in [0.4, 0.5) is 17.1 Å². The number of rotatable bonds is 4. The Morgan fingerprint density at radius 1 is 1.00 bits per heavy atom. The highest BCUT2D eigenvalue weighted by Crippen LogP contribution is 2.53. The Kier molecular flexibility index (Phi) is 7.08. The summed E-state index contributed by atoms with van der Waals surface area (Å²) in [6, 6.07) is 15.3. The number of hydrogen-bond donors (Lipinski definition) is 6. The minimum atomic E-state index is -1.20. The molecular formula is C33H32N4O6S. The van der Waals surface area contributed by atoms with E-state index in [1.54, 1.807) is 13.0 Å². The van der Waals surface area contributed by atoms with Gasteiger partial charge >= 0.3 is 0 Å². The fourth-order valence-electron chi connectivity index (χ4n) is 7.05. The molecule has 7 N–H and O–H groups in total. The van der Waals surface area contributed by atoms with E-state index in [1.807, 2.05) is 61.5 Å². The number of thiocarbonyl (C=S) groups is 1. The van der Waals surface area contributed by atoms with E-state index >= 15 is 0 Å². The summed E-state index contributed by atoms with van der Waals surface area (Å²) in [7, 11) is 3.65. The van der Waals surface area contributed by atoms with Gasteiger partial charge in [-0.15, -0.1) is 0 Å². The van der Waals surface area contributed by atoms with Gasteiger partial charge in [0.05, 0.1) is 17.2 Å². The average molecular weight is 613 g/mol. The third-order valence-corrected chi connectivity index (χ3v) is 9.35. The molecule has 4 unspecified atom stereocenters. The SMILES string of the molecule is CC1C(O)=C(C(N)=O)C(=O)C2C(O)=C3C(=O)c4c(O)c(NC(=S)Nc5cccc6ccccc56)cc(N(C)C)c4CC3CC12. The molecule has 3 aromatic carbocycles. The number of hydrogen-bond acceptors (Lipinski definition) is 8. The van der Waals surface area contributed by atoms with Crippen molar-refractivity contribution in [3.63, 3.8) is 0 Å². The van der Waals surface area contributed by atoms with Crippen molar-refractivity contribution in [2.75, 3.05) is 29.6 Å². The van der Waals surface area contributed by atoms with Crippen LogP contribution in [-0.2, 0) is 16.0 Å². The van der Waals surface area contributed by atoms with Crippen molar-refractivity contribution in [1.82, 2.24) is 0 Å². The molecule has 11 heteroatoms. The Morgan fingerprint density at radius 2 is 1.68 bits per heavy atom. The van der Waals surface area contributed by atoms with Gasteiger partial charge in [-0.3, -0.25) is 14.4 Å². The van der Waals surface area contributed by atoms with Crippen molar-refractivity contribution < 1.29 is 29.7 Å². The molecule has 0 heterocycles. The van der Waals surface area contributed by atoms with Crippen LogP contribution in [-0.4, -0.2) is 52.0 Å². The quantitative estimate of drug-likeness (QED) is 0.138. The van der Waals surface area contributed by atoms with Crippen LogP contribution in [0.1, 0.15) is 29.3 Å².